The van der Waals surface area contributed by atoms with E-state index in [-0.39, 0.29) is 5.91 Å². The maximum Gasteiger partial charge on any atom is 0.248 e. The second-order valence-electron chi connectivity index (χ2n) is 5.63. The third-order valence-corrected chi connectivity index (χ3v) is 4.74. The summed E-state index contributed by atoms with van der Waals surface area (Å²) in [6.45, 7) is 1.94. The van der Waals surface area contributed by atoms with Gasteiger partial charge in [-0.15, -0.1) is 0 Å². The molecule has 0 saturated heterocycles. The minimum atomic E-state index is -0.171. The molecule has 0 aliphatic carbocycles. The average Bonchev–Trinajstić information content (AvgIpc) is 3.06. The van der Waals surface area contributed by atoms with Crippen molar-refractivity contribution in [1.82, 2.24) is 5.06 Å². The zero-order valence-electron chi connectivity index (χ0n) is 14.5. The normalized spacial score (nSPS) is 17.9. The molecular weight excluding hydrogens is 350 g/mol. The van der Waals surface area contributed by atoms with E-state index in [0.29, 0.717) is 11.6 Å². The number of hydroxylamine groups is 2. The van der Waals surface area contributed by atoms with Crippen LogP contribution in [0.3, 0.4) is 0 Å². The second-order valence-corrected chi connectivity index (χ2v) is 6.60. The van der Waals surface area contributed by atoms with Gasteiger partial charge in [-0.1, -0.05) is 6.92 Å². The first kappa shape index (κ1) is 18.2. The molecule has 134 valence electrons. The molecular formula is C19H19N3O3S. The summed E-state index contributed by atoms with van der Waals surface area (Å²) < 4.78 is 5.21. The lowest BCUT2D eigenvalue weighted by molar-refractivity contribution is -0.117. The van der Waals surface area contributed by atoms with Gasteiger partial charge in [0, 0.05) is 29.3 Å². The predicted molar refractivity (Wildman–Crippen MR) is 103 cm³/mol. The van der Waals surface area contributed by atoms with E-state index < -0.39 is 0 Å². The number of hydrogen-bond donors (Lipinski definition) is 1. The van der Waals surface area contributed by atoms with Crippen LogP contribution in [0.1, 0.15) is 25.3 Å². The summed E-state index contributed by atoms with van der Waals surface area (Å²) in [7, 11) is 1.62. The molecule has 26 heavy (non-hydrogen) atoms. The first-order valence-corrected chi connectivity index (χ1v) is 9.03. The van der Waals surface area contributed by atoms with Gasteiger partial charge in [0.15, 0.2) is 5.17 Å². The van der Waals surface area contributed by atoms with Crippen LogP contribution in [0.5, 0.6) is 5.75 Å². The van der Waals surface area contributed by atoms with E-state index in [9.17, 15) is 10.0 Å². The number of allylic oxidation sites excluding steroid dienone is 4. The predicted octanol–water partition coefficient (Wildman–Crippen LogP) is 3.90. The van der Waals surface area contributed by atoms with Gasteiger partial charge in [0.2, 0.25) is 5.91 Å². The Labute approximate surface area is 156 Å². The van der Waals surface area contributed by atoms with Crippen LogP contribution in [-0.2, 0) is 4.79 Å². The van der Waals surface area contributed by atoms with Gasteiger partial charge < -0.3 is 4.74 Å². The SMILES string of the molecule is CCCC(=O)N=C1N=C(c2ccc(OC)cc2)C(=C2C=CN(O)C=C2)S1. The Morgan fingerprint density at radius 2 is 1.96 bits per heavy atom. The zero-order chi connectivity index (χ0) is 18.5. The lowest BCUT2D eigenvalue weighted by Crippen LogP contribution is -2.07. The smallest absolute Gasteiger partial charge is 0.248 e. The van der Waals surface area contributed by atoms with E-state index in [1.165, 1.54) is 11.8 Å². The van der Waals surface area contributed by atoms with E-state index in [4.69, 9.17) is 4.74 Å². The largest absolute Gasteiger partial charge is 0.497 e. The Morgan fingerprint density at radius 3 is 2.58 bits per heavy atom. The maximum atomic E-state index is 11.9. The molecule has 2 aliphatic heterocycles. The summed E-state index contributed by atoms with van der Waals surface area (Å²) >= 11 is 1.36. The number of amides is 1. The van der Waals surface area contributed by atoms with Crippen LogP contribution in [-0.4, -0.2) is 34.2 Å². The molecule has 2 heterocycles. The number of nitrogens with zero attached hydrogens (tertiary/aromatic N) is 3. The molecule has 1 N–H and O–H groups in total. The Kier molecular flexibility index (Phi) is 5.70. The number of methoxy groups -OCH3 is 1. The summed E-state index contributed by atoms with van der Waals surface area (Å²) in [5.74, 6) is 0.588. The van der Waals surface area contributed by atoms with E-state index in [1.807, 2.05) is 31.2 Å². The summed E-state index contributed by atoms with van der Waals surface area (Å²) in [6, 6.07) is 7.57. The Morgan fingerprint density at radius 1 is 1.27 bits per heavy atom. The van der Waals surface area contributed by atoms with Crippen molar-refractivity contribution < 1.29 is 14.7 Å². The van der Waals surface area contributed by atoms with Crippen molar-refractivity contribution in [2.24, 2.45) is 9.98 Å². The number of carbonyl (C=O) groups is 1. The number of hydrogen-bond acceptors (Lipinski definition) is 5. The van der Waals surface area contributed by atoms with Gasteiger partial charge in [-0.25, -0.2) is 10.1 Å². The standard InChI is InChI=1S/C19H19N3O3S/c1-3-4-16(23)20-19-21-17(13-5-7-15(25-2)8-6-13)18(26-19)14-9-11-22(24)12-10-14/h5-12,24H,3-4H2,1-2H3. The van der Waals surface area contributed by atoms with E-state index in [2.05, 4.69) is 9.98 Å². The van der Waals surface area contributed by atoms with Crippen LogP contribution in [0.15, 0.2) is 69.3 Å². The van der Waals surface area contributed by atoms with Gasteiger partial charge in [0.05, 0.1) is 12.8 Å². The topological polar surface area (TPSA) is 74.5 Å². The minimum Gasteiger partial charge on any atom is -0.497 e. The van der Waals surface area contributed by atoms with Crippen LogP contribution in [0.2, 0.25) is 0 Å². The number of rotatable bonds is 4. The molecule has 3 rings (SSSR count). The van der Waals surface area contributed by atoms with Crippen molar-refractivity contribution in [3.63, 3.8) is 0 Å². The number of carbonyl (C=O) groups excluding carboxylic acids is 1. The molecule has 0 aromatic heterocycles. The Bertz CT molecular complexity index is 835. The molecule has 1 aromatic carbocycles. The van der Waals surface area contributed by atoms with Crippen molar-refractivity contribution >= 4 is 28.5 Å². The van der Waals surface area contributed by atoms with Crippen molar-refractivity contribution in [2.45, 2.75) is 19.8 Å². The van der Waals surface area contributed by atoms with Gasteiger partial charge in [-0.05, 0) is 60.2 Å². The van der Waals surface area contributed by atoms with Crippen molar-refractivity contribution in [1.29, 1.82) is 0 Å². The summed E-state index contributed by atoms with van der Waals surface area (Å²) in [5.41, 5.74) is 2.54. The molecule has 0 unspecified atom stereocenters. The quantitative estimate of drug-likeness (QED) is 0.871. The minimum absolute atomic E-state index is 0.171. The molecule has 2 aliphatic rings. The molecule has 1 aromatic rings. The van der Waals surface area contributed by atoms with E-state index in [1.54, 1.807) is 31.7 Å². The third kappa shape index (κ3) is 4.12. The fourth-order valence-electron chi connectivity index (χ4n) is 2.44. The highest BCUT2D eigenvalue weighted by Crippen LogP contribution is 2.35. The first-order valence-electron chi connectivity index (χ1n) is 8.21. The number of benzene rings is 1. The van der Waals surface area contributed by atoms with Gasteiger partial charge in [0.1, 0.15) is 5.75 Å². The Hall–Kier alpha value is -2.64. The van der Waals surface area contributed by atoms with Gasteiger partial charge >= 0.3 is 0 Å². The van der Waals surface area contributed by atoms with Crippen molar-refractivity contribution in [3.8, 4) is 5.75 Å². The number of thioether (sulfide) groups is 1. The maximum absolute atomic E-state index is 11.9. The number of amidine groups is 1. The van der Waals surface area contributed by atoms with Crippen LogP contribution in [0.4, 0.5) is 0 Å². The van der Waals surface area contributed by atoms with Gasteiger partial charge in [-0.3, -0.25) is 10.0 Å². The highest BCUT2D eigenvalue weighted by atomic mass is 32.2. The van der Waals surface area contributed by atoms with E-state index in [0.717, 1.165) is 39.0 Å². The molecule has 0 radical (unpaired) electrons. The fourth-order valence-corrected chi connectivity index (χ4v) is 3.42. The van der Waals surface area contributed by atoms with Crippen molar-refractivity contribution in [2.75, 3.05) is 7.11 Å². The lowest BCUT2D eigenvalue weighted by Gasteiger charge is -2.12. The fraction of sp³-hybridized carbons (Fsp3) is 0.211. The van der Waals surface area contributed by atoms with Crippen LogP contribution in [0.25, 0.3) is 0 Å². The summed E-state index contributed by atoms with van der Waals surface area (Å²) in [4.78, 5) is 21.5. The van der Waals surface area contributed by atoms with Crippen LogP contribution in [0, 0.1) is 0 Å². The molecule has 0 fully saturated rings. The summed E-state index contributed by atoms with van der Waals surface area (Å²) in [5, 5.41) is 10.9. The second kappa shape index (κ2) is 8.16. The highest BCUT2D eigenvalue weighted by molar-refractivity contribution is 8.18. The van der Waals surface area contributed by atoms with Crippen molar-refractivity contribution in [3.05, 3.63) is 64.9 Å². The van der Waals surface area contributed by atoms with Gasteiger partial charge in [0.25, 0.3) is 0 Å². The zero-order valence-corrected chi connectivity index (χ0v) is 15.4. The first-order chi connectivity index (χ1) is 12.6. The average molecular weight is 369 g/mol. The number of ether oxygens (including phenoxy) is 1. The third-order valence-electron chi connectivity index (χ3n) is 3.74. The summed E-state index contributed by atoms with van der Waals surface area (Å²) in [6.07, 6.45) is 7.83. The van der Waals surface area contributed by atoms with Crippen LogP contribution >= 0.6 is 11.8 Å². The Balaban J connectivity index is 2.01. The van der Waals surface area contributed by atoms with Crippen LogP contribution < -0.4 is 4.74 Å². The molecule has 0 spiro atoms. The molecule has 0 atom stereocenters. The monoisotopic (exact) mass is 369 g/mol. The molecule has 0 saturated carbocycles. The molecule has 0 bridgehead atoms. The lowest BCUT2D eigenvalue weighted by atomic mass is 10.1. The molecule has 1 amide bonds. The van der Waals surface area contributed by atoms with E-state index >= 15 is 0 Å². The molecule has 6 nitrogen and oxygen atoms in total. The number of aliphatic imine (C=N–C) groups is 2. The molecule has 7 heteroatoms. The van der Waals surface area contributed by atoms with Gasteiger partial charge in [-0.2, -0.15) is 4.99 Å². The highest BCUT2D eigenvalue weighted by Gasteiger charge is 2.25.